The first-order valence-electron chi connectivity index (χ1n) is 6.61. The van der Waals surface area contributed by atoms with E-state index >= 15 is 0 Å². The van der Waals surface area contributed by atoms with Gasteiger partial charge in [-0.05, 0) is 36.2 Å². The van der Waals surface area contributed by atoms with Crippen molar-refractivity contribution in [1.82, 2.24) is 0 Å². The van der Waals surface area contributed by atoms with Gasteiger partial charge >= 0.3 is 5.63 Å². The minimum Gasteiger partial charge on any atom is -0.428 e. The predicted molar refractivity (Wildman–Crippen MR) is 85.6 cm³/mol. The van der Waals surface area contributed by atoms with Gasteiger partial charge in [0.2, 0.25) is 0 Å². The third kappa shape index (κ3) is 2.76. The number of hydrogen-bond acceptors (Lipinski definition) is 2. The fraction of sp³-hybridized carbons (Fsp3) is 0.0556. The van der Waals surface area contributed by atoms with E-state index in [0.717, 1.165) is 16.7 Å². The summed E-state index contributed by atoms with van der Waals surface area (Å²) in [5.74, 6) is 0.588. The van der Waals surface area contributed by atoms with E-state index in [1.54, 1.807) is 6.92 Å². The highest BCUT2D eigenvalue weighted by Gasteiger charge is 2.14. The minimum atomic E-state index is -0.328. The van der Waals surface area contributed by atoms with Crippen molar-refractivity contribution < 1.29 is 4.42 Å². The summed E-state index contributed by atoms with van der Waals surface area (Å²) in [6, 6.07) is 18.9. The van der Waals surface area contributed by atoms with Gasteiger partial charge < -0.3 is 4.42 Å². The maximum absolute atomic E-state index is 12.3. The molecule has 0 atom stereocenters. The quantitative estimate of drug-likeness (QED) is 0.671. The van der Waals surface area contributed by atoms with Crippen LogP contribution in [0, 0.1) is 6.92 Å². The van der Waals surface area contributed by atoms with Crippen molar-refractivity contribution in [3.63, 3.8) is 0 Å². The molecule has 0 spiro atoms. The Kier molecular flexibility index (Phi) is 3.63. The number of rotatable bonds is 2. The van der Waals surface area contributed by atoms with Crippen LogP contribution in [0.1, 0.15) is 5.76 Å². The molecule has 2 aromatic carbocycles. The molecule has 21 heavy (non-hydrogen) atoms. The number of benzene rings is 2. The van der Waals surface area contributed by atoms with Gasteiger partial charge in [0.1, 0.15) is 5.76 Å². The van der Waals surface area contributed by atoms with Gasteiger partial charge in [-0.2, -0.15) is 0 Å². The fourth-order valence-electron chi connectivity index (χ4n) is 2.35. The van der Waals surface area contributed by atoms with Crippen molar-refractivity contribution in [1.29, 1.82) is 0 Å². The average molecular weight is 297 g/mol. The van der Waals surface area contributed by atoms with Gasteiger partial charge in [0, 0.05) is 10.6 Å². The molecule has 0 bridgehead atoms. The Balaban J connectivity index is 2.29. The van der Waals surface area contributed by atoms with Crippen LogP contribution in [-0.4, -0.2) is 0 Å². The maximum atomic E-state index is 12.3. The van der Waals surface area contributed by atoms with Crippen molar-refractivity contribution in [2.75, 3.05) is 0 Å². The van der Waals surface area contributed by atoms with E-state index in [-0.39, 0.29) is 5.63 Å². The van der Waals surface area contributed by atoms with Crippen LogP contribution in [0.4, 0.5) is 0 Å². The normalized spacial score (nSPS) is 10.6. The Hall–Kier alpha value is -2.32. The molecule has 0 N–H and O–H groups in total. The summed E-state index contributed by atoms with van der Waals surface area (Å²) in [5, 5.41) is 0.666. The summed E-state index contributed by atoms with van der Waals surface area (Å²) >= 11 is 5.94. The van der Waals surface area contributed by atoms with Crippen LogP contribution in [0.3, 0.4) is 0 Å². The van der Waals surface area contributed by atoms with Crippen molar-refractivity contribution >= 4 is 11.6 Å². The summed E-state index contributed by atoms with van der Waals surface area (Å²) in [7, 11) is 0. The summed E-state index contributed by atoms with van der Waals surface area (Å²) in [4.78, 5) is 12.3. The lowest BCUT2D eigenvalue weighted by Gasteiger charge is -2.09. The van der Waals surface area contributed by atoms with Gasteiger partial charge in [-0.3, -0.25) is 0 Å². The number of halogens is 1. The van der Waals surface area contributed by atoms with Crippen LogP contribution < -0.4 is 5.63 Å². The maximum Gasteiger partial charge on any atom is 0.344 e. The molecular weight excluding hydrogens is 284 g/mol. The van der Waals surface area contributed by atoms with Gasteiger partial charge in [-0.25, -0.2) is 4.79 Å². The SMILES string of the molecule is Cc1cc(-c2ccc(Cl)cc2)c(-c2ccccc2)c(=O)o1. The monoisotopic (exact) mass is 296 g/mol. The highest BCUT2D eigenvalue weighted by Crippen LogP contribution is 2.30. The first kappa shape index (κ1) is 13.7. The Morgan fingerprint density at radius 2 is 1.57 bits per heavy atom. The molecular formula is C18H13ClO2. The molecule has 0 fully saturated rings. The predicted octanol–water partition coefficient (Wildman–Crippen LogP) is 4.94. The van der Waals surface area contributed by atoms with Crippen LogP contribution in [-0.2, 0) is 0 Å². The second-order valence-electron chi connectivity index (χ2n) is 4.81. The van der Waals surface area contributed by atoms with Gasteiger partial charge in [0.15, 0.2) is 0 Å². The first-order chi connectivity index (χ1) is 10.1. The summed E-state index contributed by atoms with van der Waals surface area (Å²) in [5.41, 5.74) is 2.88. The molecule has 0 radical (unpaired) electrons. The molecule has 3 rings (SSSR count). The second-order valence-corrected chi connectivity index (χ2v) is 5.24. The van der Waals surface area contributed by atoms with E-state index < -0.39 is 0 Å². The van der Waals surface area contributed by atoms with Crippen LogP contribution >= 0.6 is 11.6 Å². The molecule has 0 unspecified atom stereocenters. The molecule has 3 aromatic rings. The second kappa shape index (κ2) is 5.58. The van der Waals surface area contributed by atoms with E-state index in [1.165, 1.54) is 0 Å². The lowest BCUT2D eigenvalue weighted by molar-refractivity contribution is 0.483. The smallest absolute Gasteiger partial charge is 0.344 e. The topological polar surface area (TPSA) is 30.2 Å². The molecule has 1 heterocycles. The molecule has 104 valence electrons. The molecule has 3 heteroatoms. The van der Waals surface area contributed by atoms with Crippen LogP contribution in [0.2, 0.25) is 5.02 Å². The summed E-state index contributed by atoms with van der Waals surface area (Å²) < 4.78 is 5.27. The highest BCUT2D eigenvalue weighted by molar-refractivity contribution is 6.30. The van der Waals surface area contributed by atoms with Gasteiger partial charge in [0.05, 0.1) is 5.56 Å². The third-order valence-electron chi connectivity index (χ3n) is 3.29. The Labute approximate surface area is 127 Å². The summed E-state index contributed by atoms with van der Waals surface area (Å²) in [6.07, 6.45) is 0. The van der Waals surface area contributed by atoms with E-state index in [9.17, 15) is 4.79 Å². The summed E-state index contributed by atoms with van der Waals surface area (Å²) in [6.45, 7) is 1.77. The zero-order valence-corrected chi connectivity index (χ0v) is 12.2. The Morgan fingerprint density at radius 3 is 2.24 bits per heavy atom. The average Bonchev–Trinajstić information content (AvgIpc) is 2.48. The van der Waals surface area contributed by atoms with Gasteiger partial charge in [-0.1, -0.05) is 54.1 Å². The molecule has 0 aliphatic heterocycles. The third-order valence-corrected chi connectivity index (χ3v) is 3.54. The molecule has 0 aliphatic carbocycles. The van der Waals surface area contributed by atoms with Crippen molar-refractivity contribution in [2.24, 2.45) is 0 Å². The Morgan fingerprint density at radius 1 is 0.905 bits per heavy atom. The lowest BCUT2D eigenvalue weighted by atomic mass is 9.96. The number of hydrogen-bond donors (Lipinski definition) is 0. The zero-order valence-electron chi connectivity index (χ0n) is 11.5. The standard InChI is InChI=1S/C18H13ClO2/c1-12-11-16(13-7-9-15(19)10-8-13)17(18(20)21-12)14-5-3-2-4-6-14/h2-11H,1H3. The molecule has 1 aromatic heterocycles. The van der Waals surface area contributed by atoms with Crippen LogP contribution in [0.5, 0.6) is 0 Å². The van der Waals surface area contributed by atoms with Gasteiger partial charge in [0.25, 0.3) is 0 Å². The molecule has 0 saturated heterocycles. The van der Waals surface area contributed by atoms with E-state index in [0.29, 0.717) is 16.3 Å². The van der Waals surface area contributed by atoms with Crippen LogP contribution in [0.25, 0.3) is 22.3 Å². The van der Waals surface area contributed by atoms with Crippen LogP contribution in [0.15, 0.2) is 69.9 Å². The molecule has 0 saturated carbocycles. The molecule has 2 nitrogen and oxygen atoms in total. The van der Waals surface area contributed by atoms with Crippen molar-refractivity contribution in [3.05, 3.63) is 81.9 Å². The fourth-order valence-corrected chi connectivity index (χ4v) is 2.47. The largest absolute Gasteiger partial charge is 0.428 e. The molecule has 0 amide bonds. The van der Waals surface area contributed by atoms with E-state index in [4.69, 9.17) is 16.0 Å². The lowest BCUT2D eigenvalue weighted by Crippen LogP contribution is -2.06. The van der Waals surface area contributed by atoms with Crippen molar-refractivity contribution in [3.8, 4) is 22.3 Å². The highest BCUT2D eigenvalue weighted by atomic mass is 35.5. The van der Waals surface area contributed by atoms with E-state index in [2.05, 4.69) is 0 Å². The Bertz CT molecular complexity index is 818. The number of aryl methyl sites for hydroxylation is 1. The molecule has 0 aliphatic rings. The minimum absolute atomic E-state index is 0.328. The zero-order chi connectivity index (χ0) is 14.8. The van der Waals surface area contributed by atoms with Crippen molar-refractivity contribution in [2.45, 2.75) is 6.92 Å². The van der Waals surface area contributed by atoms with E-state index in [1.807, 2.05) is 60.7 Å². The first-order valence-corrected chi connectivity index (χ1v) is 6.99. The van der Waals surface area contributed by atoms with Gasteiger partial charge in [-0.15, -0.1) is 0 Å².